The molecule has 2 heteroatoms. The number of likely N-dealkylation sites (tertiary alicyclic amines) is 1. The van der Waals surface area contributed by atoms with E-state index in [4.69, 9.17) is 5.26 Å². The number of nitriles is 1. The summed E-state index contributed by atoms with van der Waals surface area (Å²) in [6.45, 7) is 5.73. The second-order valence-electron chi connectivity index (χ2n) is 5.06. The van der Waals surface area contributed by atoms with Gasteiger partial charge in [-0.2, -0.15) is 5.26 Å². The van der Waals surface area contributed by atoms with Crippen LogP contribution in [0.4, 0.5) is 0 Å². The van der Waals surface area contributed by atoms with E-state index in [0.29, 0.717) is 6.42 Å². The minimum atomic E-state index is 0.528. The SMILES string of the molecule is CC1CCN(Cc2ccccc2CC#N)CC1. The molecule has 0 spiro atoms. The highest BCUT2D eigenvalue weighted by Crippen LogP contribution is 2.19. The van der Waals surface area contributed by atoms with E-state index in [1.165, 1.54) is 37.1 Å². The summed E-state index contributed by atoms with van der Waals surface area (Å²) >= 11 is 0. The number of hydrogen-bond acceptors (Lipinski definition) is 2. The molecule has 0 amide bonds. The Bertz CT molecular complexity index is 398. The molecule has 1 aliphatic rings. The minimum absolute atomic E-state index is 0.528. The second-order valence-corrected chi connectivity index (χ2v) is 5.06. The summed E-state index contributed by atoms with van der Waals surface area (Å²) in [5, 5.41) is 8.82. The van der Waals surface area contributed by atoms with Gasteiger partial charge in [-0.25, -0.2) is 0 Å². The monoisotopic (exact) mass is 228 g/mol. The van der Waals surface area contributed by atoms with Gasteiger partial charge in [-0.1, -0.05) is 31.2 Å². The molecule has 0 atom stereocenters. The van der Waals surface area contributed by atoms with E-state index in [9.17, 15) is 0 Å². The first kappa shape index (κ1) is 12.1. The third kappa shape index (κ3) is 3.31. The van der Waals surface area contributed by atoms with E-state index in [1.54, 1.807) is 0 Å². The van der Waals surface area contributed by atoms with Crippen LogP contribution in [0, 0.1) is 17.2 Å². The average molecular weight is 228 g/mol. The molecule has 0 bridgehead atoms. The summed E-state index contributed by atoms with van der Waals surface area (Å²) in [5.74, 6) is 0.876. The smallest absolute Gasteiger partial charge is 0.0669 e. The van der Waals surface area contributed by atoms with Crippen LogP contribution in [0.3, 0.4) is 0 Å². The van der Waals surface area contributed by atoms with Gasteiger partial charge in [0.05, 0.1) is 12.5 Å². The first-order valence-electron chi connectivity index (χ1n) is 6.45. The van der Waals surface area contributed by atoms with Crippen molar-refractivity contribution >= 4 is 0 Å². The van der Waals surface area contributed by atoms with Crippen LogP contribution >= 0.6 is 0 Å². The van der Waals surface area contributed by atoms with Crippen LogP contribution in [-0.2, 0) is 13.0 Å². The number of nitrogens with zero attached hydrogens (tertiary/aromatic N) is 2. The molecule has 2 rings (SSSR count). The van der Waals surface area contributed by atoms with Crippen LogP contribution in [0.1, 0.15) is 30.9 Å². The molecule has 90 valence electrons. The summed E-state index contributed by atoms with van der Waals surface area (Å²) in [5.41, 5.74) is 2.51. The highest BCUT2D eigenvalue weighted by atomic mass is 15.1. The molecule has 0 aliphatic carbocycles. The van der Waals surface area contributed by atoms with Gasteiger partial charge in [-0.3, -0.25) is 4.90 Å². The molecule has 0 N–H and O–H groups in total. The van der Waals surface area contributed by atoms with Gasteiger partial charge < -0.3 is 0 Å². The van der Waals surface area contributed by atoms with E-state index in [1.807, 2.05) is 6.07 Å². The average Bonchev–Trinajstić information content (AvgIpc) is 2.35. The van der Waals surface area contributed by atoms with Crippen molar-refractivity contribution in [1.82, 2.24) is 4.90 Å². The van der Waals surface area contributed by atoms with Crippen LogP contribution in [0.2, 0.25) is 0 Å². The van der Waals surface area contributed by atoms with Crippen molar-refractivity contribution in [3.63, 3.8) is 0 Å². The molecule has 0 aromatic heterocycles. The predicted molar refractivity (Wildman–Crippen MR) is 69.4 cm³/mol. The van der Waals surface area contributed by atoms with Gasteiger partial charge in [-0.15, -0.1) is 0 Å². The van der Waals surface area contributed by atoms with Gasteiger partial charge in [0, 0.05) is 6.54 Å². The van der Waals surface area contributed by atoms with E-state index < -0.39 is 0 Å². The van der Waals surface area contributed by atoms with E-state index in [2.05, 4.69) is 36.1 Å². The predicted octanol–water partition coefficient (Wildman–Crippen LogP) is 2.98. The fourth-order valence-electron chi connectivity index (χ4n) is 2.43. The Morgan fingerprint density at radius 2 is 1.88 bits per heavy atom. The molecule has 1 heterocycles. The fraction of sp³-hybridized carbons (Fsp3) is 0.533. The van der Waals surface area contributed by atoms with Gasteiger partial charge in [0.15, 0.2) is 0 Å². The van der Waals surface area contributed by atoms with E-state index >= 15 is 0 Å². The first-order chi connectivity index (χ1) is 8.29. The number of piperidine rings is 1. The summed E-state index contributed by atoms with van der Waals surface area (Å²) < 4.78 is 0. The molecule has 1 aromatic rings. The van der Waals surface area contributed by atoms with Crippen molar-refractivity contribution in [2.75, 3.05) is 13.1 Å². The molecule has 0 saturated carbocycles. The summed E-state index contributed by atoms with van der Waals surface area (Å²) in [6, 6.07) is 10.6. The third-order valence-electron chi connectivity index (χ3n) is 3.66. The lowest BCUT2D eigenvalue weighted by molar-refractivity contribution is 0.185. The maximum atomic E-state index is 8.82. The lowest BCUT2D eigenvalue weighted by Crippen LogP contribution is -2.32. The Balaban J connectivity index is 2.01. The van der Waals surface area contributed by atoms with Crippen molar-refractivity contribution in [3.8, 4) is 6.07 Å². The zero-order valence-corrected chi connectivity index (χ0v) is 10.5. The molecule has 17 heavy (non-hydrogen) atoms. The van der Waals surface area contributed by atoms with Crippen molar-refractivity contribution < 1.29 is 0 Å². The summed E-state index contributed by atoms with van der Waals surface area (Å²) in [7, 11) is 0. The second kappa shape index (κ2) is 5.84. The molecule has 1 aromatic carbocycles. The third-order valence-corrected chi connectivity index (χ3v) is 3.66. The van der Waals surface area contributed by atoms with Crippen molar-refractivity contribution in [3.05, 3.63) is 35.4 Å². The van der Waals surface area contributed by atoms with Crippen LogP contribution in [0.15, 0.2) is 24.3 Å². The zero-order chi connectivity index (χ0) is 12.1. The highest BCUT2D eigenvalue weighted by molar-refractivity contribution is 5.29. The van der Waals surface area contributed by atoms with Crippen LogP contribution in [0.25, 0.3) is 0 Å². The molecule has 2 nitrogen and oxygen atoms in total. The number of benzene rings is 1. The van der Waals surface area contributed by atoms with Crippen LogP contribution in [-0.4, -0.2) is 18.0 Å². The highest BCUT2D eigenvalue weighted by Gasteiger charge is 2.16. The van der Waals surface area contributed by atoms with E-state index in [-0.39, 0.29) is 0 Å². The first-order valence-corrected chi connectivity index (χ1v) is 6.45. The molecule has 1 fully saturated rings. The summed E-state index contributed by atoms with van der Waals surface area (Å²) in [4.78, 5) is 2.51. The van der Waals surface area contributed by atoms with Crippen molar-refractivity contribution in [2.45, 2.75) is 32.7 Å². The van der Waals surface area contributed by atoms with Crippen molar-refractivity contribution in [1.29, 1.82) is 5.26 Å². The minimum Gasteiger partial charge on any atom is -0.299 e. The van der Waals surface area contributed by atoms with Gasteiger partial charge in [-0.05, 0) is 43.0 Å². The van der Waals surface area contributed by atoms with E-state index in [0.717, 1.165) is 12.5 Å². The van der Waals surface area contributed by atoms with Crippen LogP contribution < -0.4 is 0 Å². The van der Waals surface area contributed by atoms with Crippen molar-refractivity contribution in [2.24, 2.45) is 5.92 Å². The molecule has 1 saturated heterocycles. The Kier molecular flexibility index (Phi) is 4.17. The molecular formula is C15H20N2. The molecular weight excluding hydrogens is 208 g/mol. The molecule has 0 radical (unpaired) electrons. The van der Waals surface area contributed by atoms with Gasteiger partial charge in [0.1, 0.15) is 0 Å². The van der Waals surface area contributed by atoms with Crippen LogP contribution in [0.5, 0.6) is 0 Å². The van der Waals surface area contributed by atoms with Gasteiger partial charge in [0.25, 0.3) is 0 Å². The lowest BCUT2D eigenvalue weighted by atomic mass is 9.98. The molecule has 1 aliphatic heterocycles. The normalized spacial score (nSPS) is 17.9. The van der Waals surface area contributed by atoms with Gasteiger partial charge in [0.2, 0.25) is 0 Å². The Morgan fingerprint density at radius 1 is 1.24 bits per heavy atom. The largest absolute Gasteiger partial charge is 0.299 e. The topological polar surface area (TPSA) is 27.0 Å². The quantitative estimate of drug-likeness (QED) is 0.795. The maximum Gasteiger partial charge on any atom is 0.0669 e. The zero-order valence-electron chi connectivity index (χ0n) is 10.5. The Labute approximate surface area is 104 Å². The Morgan fingerprint density at radius 3 is 2.53 bits per heavy atom. The number of rotatable bonds is 3. The maximum absolute atomic E-state index is 8.82. The molecule has 0 unspecified atom stereocenters. The summed E-state index contributed by atoms with van der Waals surface area (Å²) in [6.07, 6.45) is 3.14. The fourth-order valence-corrected chi connectivity index (χ4v) is 2.43. The lowest BCUT2D eigenvalue weighted by Gasteiger charge is -2.30. The van der Waals surface area contributed by atoms with Gasteiger partial charge >= 0.3 is 0 Å². The standard InChI is InChI=1S/C15H20N2/c1-13-7-10-17(11-8-13)12-15-5-3-2-4-14(15)6-9-16/h2-5,13H,6-8,10-12H2,1H3. The number of hydrogen-bond donors (Lipinski definition) is 0. The Hall–Kier alpha value is -1.33.